The highest BCUT2D eigenvalue weighted by molar-refractivity contribution is 9.10. The van der Waals surface area contributed by atoms with Crippen molar-refractivity contribution in [3.05, 3.63) is 28.5 Å². The molecule has 1 aromatic rings. The average Bonchev–Trinajstić information content (AvgIpc) is 2.92. The second kappa shape index (κ2) is 7.56. The fraction of sp³-hybridized carbons (Fsp3) is 0.700. The third kappa shape index (κ3) is 4.46. The van der Waals surface area contributed by atoms with E-state index in [1.54, 1.807) is 12.4 Å². The van der Waals surface area contributed by atoms with Crippen LogP contribution >= 0.6 is 15.9 Å². The van der Waals surface area contributed by atoms with Gasteiger partial charge in [0.15, 0.2) is 0 Å². The van der Waals surface area contributed by atoms with Crippen LogP contribution in [0.25, 0.3) is 0 Å². The van der Waals surface area contributed by atoms with Gasteiger partial charge in [-0.2, -0.15) is 0 Å². The van der Waals surface area contributed by atoms with E-state index in [9.17, 15) is 4.79 Å². The summed E-state index contributed by atoms with van der Waals surface area (Å²) in [6.45, 7) is 7.71. The number of hydrogen-bond donors (Lipinski definition) is 1. The molecule has 2 heterocycles. The summed E-state index contributed by atoms with van der Waals surface area (Å²) in [6, 6.07) is 2.01. The third-order valence-corrected chi connectivity index (χ3v) is 6.17. The van der Waals surface area contributed by atoms with Gasteiger partial charge in [0.25, 0.3) is 0 Å². The molecule has 1 N–H and O–H groups in total. The van der Waals surface area contributed by atoms with Crippen molar-refractivity contribution in [2.24, 2.45) is 5.41 Å². The van der Waals surface area contributed by atoms with Crippen molar-refractivity contribution in [1.82, 2.24) is 10.3 Å². The maximum atomic E-state index is 12.3. The molecule has 1 aliphatic carbocycles. The van der Waals surface area contributed by atoms with Crippen LogP contribution < -0.4 is 5.32 Å². The lowest BCUT2D eigenvalue weighted by atomic mass is 9.75. The Labute approximate surface area is 164 Å². The number of nitrogens with one attached hydrogen (secondary N) is 1. The van der Waals surface area contributed by atoms with E-state index in [1.165, 1.54) is 0 Å². The largest absolute Gasteiger partial charge is 0.458 e. The number of carbonyl (C=O) groups is 1. The van der Waals surface area contributed by atoms with Crippen LogP contribution in [0.2, 0.25) is 0 Å². The molecule has 0 radical (unpaired) electrons. The summed E-state index contributed by atoms with van der Waals surface area (Å²) >= 11 is 3.64. The van der Waals surface area contributed by atoms with Crippen LogP contribution in [-0.2, 0) is 19.9 Å². The first kappa shape index (κ1) is 19.8. The SMILES string of the molecule is CC(C)(C)OC(=O)COC1(c2ccncc2Br)CCC2(CCNCC2)C1. The minimum absolute atomic E-state index is 0.0274. The van der Waals surface area contributed by atoms with Gasteiger partial charge in [-0.15, -0.1) is 0 Å². The number of carbonyl (C=O) groups excluding carboxylic acids is 1. The van der Waals surface area contributed by atoms with E-state index in [0.29, 0.717) is 5.41 Å². The van der Waals surface area contributed by atoms with Gasteiger partial charge in [-0.05, 0) is 93.4 Å². The van der Waals surface area contributed by atoms with E-state index in [1.807, 2.05) is 26.8 Å². The Morgan fingerprint density at radius 3 is 2.65 bits per heavy atom. The molecule has 144 valence electrons. The van der Waals surface area contributed by atoms with Crippen LogP contribution in [-0.4, -0.2) is 36.3 Å². The highest BCUT2D eigenvalue weighted by atomic mass is 79.9. The van der Waals surface area contributed by atoms with Gasteiger partial charge >= 0.3 is 5.97 Å². The molecule has 1 spiro atoms. The van der Waals surface area contributed by atoms with E-state index >= 15 is 0 Å². The highest BCUT2D eigenvalue weighted by Crippen LogP contribution is 2.56. The molecule has 2 fully saturated rings. The molecule has 5 nitrogen and oxygen atoms in total. The number of pyridine rings is 1. The zero-order valence-electron chi connectivity index (χ0n) is 15.9. The van der Waals surface area contributed by atoms with Gasteiger partial charge in [0.2, 0.25) is 0 Å². The predicted octanol–water partition coefficient (Wildman–Crippen LogP) is 3.95. The topological polar surface area (TPSA) is 60.5 Å². The van der Waals surface area contributed by atoms with E-state index in [-0.39, 0.29) is 12.6 Å². The van der Waals surface area contributed by atoms with Gasteiger partial charge in [0.1, 0.15) is 12.2 Å². The standard InChI is InChI=1S/C20H29BrN2O3/c1-18(2,3)26-17(24)13-25-20(15-4-9-23-12-16(15)21)6-5-19(14-20)7-10-22-11-8-19/h4,9,12,22H,5-8,10-11,13-14H2,1-3H3. The number of esters is 1. The molecule has 1 atom stereocenters. The second-order valence-corrected chi connectivity index (χ2v) is 9.51. The van der Waals surface area contributed by atoms with Crippen LogP contribution in [0.4, 0.5) is 0 Å². The first-order valence-corrected chi connectivity index (χ1v) is 10.2. The molecule has 1 aromatic heterocycles. The molecule has 0 aromatic carbocycles. The van der Waals surface area contributed by atoms with Crippen LogP contribution in [0.1, 0.15) is 58.4 Å². The van der Waals surface area contributed by atoms with Crippen LogP contribution in [0.15, 0.2) is 22.9 Å². The molecule has 1 unspecified atom stereocenters. The second-order valence-electron chi connectivity index (χ2n) is 8.65. The van der Waals surface area contributed by atoms with E-state index in [4.69, 9.17) is 9.47 Å². The molecular weight excluding hydrogens is 396 g/mol. The minimum Gasteiger partial charge on any atom is -0.458 e. The molecule has 0 amide bonds. The molecule has 1 saturated heterocycles. The summed E-state index contributed by atoms with van der Waals surface area (Å²) in [6.07, 6.45) is 8.90. The van der Waals surface area contributed by atoms with E-state index in [2.05, 4.69) is 26.2 Å². The van der Waals surface area contributed by atoms with Crippen molar-refractivity contribution < 1.29 is 14.3 Å². The summed E-state index contributed by atoms with van der Waals surface area (Å²) < 4.78 is 12.7. The number of nitrogens with zero attached hydrogens (tertiary/aromatic N) is 1. The van der Waals surface area contributed by atoms with Gasteiger partial charge in [-0.25, -0.2) is 4.79 Å². The van der Waals surface area contributed by atoms with Gasteiger partial charge in [0.05, 0.1) is 5.60 Å². The molecule has 0 bridgehead atoms. The summed E-state index contributed by atoms with van der Waals surface area (Å²) in [4.78, 5) is 16.5. The maximum absolute atomic E-state index is 12.3. The quantitative estimate of drug-likeness (QED) is 0.741. The molecule has 3 rings (SSSR count). The zero-order chi connectivity index (χ0) is 18.8. The normalized spacial score (nSPS) is 25.4. The van der Waals surface area contributed by atoms with Crippen molar-refractivity contribution in [1.29, 1.82) is 0 Å². The van der Waals surface area contributed by atoms with Crippen molar-refractivity contribution in [2.75, 3.05) is 19.7 Å². The third-order valence-electron chi connectivity index (χ3n) is 5.53. The van der Waals surface area contributed by atoms with Crippen LogP contribution in [0.3, 0.4) is 0 Å². The molecule has 6 heteroatoms. The van der Waals surface area contributed by atoms with Gasteiger partial charge < -0.3 is 14.8 Å². The summed E-state index contributed by atoms with van der Waals surface area (Å²) in [5, 5.41) is 3.46. The van der Waals surface area contributed by atoms with Gasteiger partial charge in [-0.3, -0.25) is 4.98 Å². The number of aromatic nitrogens is 1. The minimum atomic E-state index is -0.503. The highest BCUT2D eigenvalue weighted by Gasteiger charge is 2.51. The fourth-order valence-electron chi connectivity index (χ4n) is 4.38. The smallest absolute Gasteiger partial charge is 0.332 e. The van der Waals surface area contributed by atoms with Crippen LogP contribution in [0.5, 0.6) is 0 Å². The van der Waals surface area contributed by atoms with E-state index in [0.717, 1.165) is 55.2 Å². The predicted molar refractivity (Wildman–Crippen MR) is 104 cm³/mol. The Balaban J connectivity index is 1.82. The number of rotatable bonds is 4. The average molecular weight is 425 g/mol. The molecule has 26 heavy (non-hydrogen) atoms. The number of piperidine rings is 1. The molecule has 1 aliphatic heterocycles. The van der Waals surface area contributed by atoms with Gasteiger partial charge in [0, 0.05) is 22.4 Å². The summed E-state index contributed by atoms with van der Waals surface area (Å²) in [5.74, 6) is -0.312. The zero-order valence-corrected chi connectivity index (χ0v) is 17.5. The lowest BCUT2D eigenvalue weighted by Crippen LogP contribution is -2.38. The van der Waals surface area contributed by atoms with Crippen LogP contribution in [0, 0.1) is 5.41 Å². The van der Waals surface area contributed by atoms with Crippen molar-refractivity contribution in [3.63, 3.8) is 0 Å². The van der Waals surface area contributed by atoms with Crippen molar-refractivity contribution >= 4 is 21.9 Å². The first-order valence-electron chi connectivity index (χ1n) is 9.40. The number of ether oxygens (including phenoxy) is 2. The Morgan fingerprint density at radius 2 is 2.00 bits per heavy atom. The lowest BCUT2D eigenvalue weighted by molar-refractivity contribution is -0.168. The Bertz CT molecular complexity index is 653. The number of halogens is 1. The maximum Gasteiger partial charge on any atom is 0.332 e. The fourth-order valence-corrected chi connectivity index (χ4v) is 4.99. The Kier molecular flexibility index (Phi) is 5.75. The van der Waals surface area contributed by atoms with Crippen molar-refractivity contribution in [2.45, 2.75) is 64.1 Å². The molecule has 1 saturated carbocycles. The first-order chi connectivity index (χ1) is 12.2. The van der Waals surface area contributed by atoms with Gasteiger partial charge in [-0.1, -0.05) is 0 Å². The number of hydrogen-bond acceptors (Lipinski definition) is 5. The molecule has 2 aliphatic rings. The summed E-state index contributed by atoms with van der Waals surface area (Å²) in [5.41, 5.74) is 0.417. The van der Waals surface area contributed by atoms with Crippen molar-refractivity contribution in [3.8, 4) is 0 Å². The Hall–Kier alpha value is -0.980. The molecular formula is C20H29BrN2O3. The summed E-state index contributed by atoms with van der Waals surface area (Å²) in [7, 11) is 0. The van der Waals surface area contributed by atoms with E-state index < -0.39 is 11.2 Å². The monoisotopic (exact) mass is 424 g/mol. The Morgan fingerprint density at radius 1 is 1.27 bits per heavy atom. The lowest BCUT2D eigenvalue weighted by Gasteiger charge is -2.37.